The van der Waals surface area contributed by atoms with Crippen molar-refractivity contribution in [3.05, 3.63) is 63.6 Å². The summed E-state index contributed by atoms with van der Waals surface area (Å²) in [5.41, 5.74) is 2.03. The van der Waals surface area contributed by atoms with Crippen LogP contribution in [-0.4, -0.2) is 35.9 Å². The standard InChI is InChI=1S/C23H28Cl2N2O3/c1-4-5-12-26-23(29)17(3)27(14-18-9-7-6-8-16(18)2)22(28)15-30-21-11-10-19(24)13-20(21)25/h6-11,13,17H,4-5,12,14-15H2,1-3H3,(H,26,29). The highest BCUT2D eigenvalue weighted by Gasteiger charge is 2.26. The molecule has 0 bridgehead atoms. The second-order valence-corrected chi connectivity index (χ2v) is 7.98. The lowest BCUT2D eigenvalue weighted by Crippen LogP contribution is -2.49. The normalized spacial score (nSPS) is 11.6. The Labute approximate surface area is 188 Å². The predicted molar refractivity (Wildman–Crippen MR) is 121 cm³/mol. The monoisotopic (exact) mass is 450 g/mol. The fourth-order valence-electron chi connectivity index (χ4n) is 2.90. The van der Waals surface area contributed by atoms with Crippen LogP contribution in [0.2, 0.25) is 10.0 Å². The minimum atomic E-state index is -0.641. The second-order valence-electron chi connectivity index (χ2n) is 7.13. The third-order valence-corrected chi connectivity index (χ3v) is 5.37. The average Bonchev–Trinajstić information content (AvgIpc) is 2.72. The van der Waals surface area contributed by atoms with Crippen molar-refractivity contribution in [1.29, 1.82) is 0 Å². The van der Waals surface area contributed by atoms with Gasteiger partial charge in [-0.3, -0.25) is 9.59 Å². The van der Waals surface area contributed by atoms with Crippen LogP contribution in [0.25, 0.3) is 0 Å². The third-order valence-electron chi connectivity index (χ3n) is 4.84. The van der Waals surface area contributed by atoms with Crippen molar-refractivity contribution in [3.8, 4) is 5.75 Å². The van der Waals surface area contributed by atoms with Crippen LogP contribution in [0.3, 0.4) is 0 Å². The zero-order valence-electron chi connectivity index (χ0n) is 17.6. The van der Waals surface area contributed by atoms with E-state index < -0.39 is 6.04 Å². The van der Waals surface area contributed by atoms with E-state index in [1.807, 2.05) is 31.2 Å². The molecule has 0 saturated carbocycles. The van der Waals surface area contributed by atoms with Crippen molar-refractivity contribution in [2.45, 2.75) is 46.2 Å². The van der Waals surface area contributed by atoms with Crippen LogP contribution in [0.4, 0.5) is 0 Å². The first-order chi connectivity index (χ1) is 14.3. The van der Waals surface area contributed by atoms with E-state index in [1.165, 1.54) is 4.90 Å². The summed E-state index contributed by atoms with van der Waals surface area (Å²) in [5.74, 6) is -0.123. The number of hydrogen-bond acceptors (Lipinski definition) is 3. The fourth-order valence-corrected chi connectivity index (χ4v) is 3.37. The lowest BCUT2D eigenvalue weighted by atomic mass is 10.1. The second kappa shape index (κ2) is 11.8. The van der Waals surface area contributed by atoms with Gasteiger partial charge in [0.05, 0.1) is 5.02 Å². The van der Waals surface area contributed by atoms with Crippen LogP contribution >= 0.6 is 23.2 Å². The molecule has 1 N–H and O–H groups in total. The number of carbonyl (C=O) groups excluding carboxylic acids is 2. The van der Waals surface area contributed by atoms with Crippen molar-refractivity contribution in [1.82, 2.24) is 10.2 Å². The Morgan fingerprint density at radius 3 is 2.57 bits per heavy atom. The molecule has 0 spiro atoms. The summed E-state index contributed by atoms with van der Waals surface area (Å²) in [6, 6.07) is 12.0. The Bertz CT molecular complexity index is 873. The highest BCUT2D eigenvalue weighted by Crippen LogP contribution is 2.27. The molecular formula is C23H28Cl2N2O3. The molecule has 30 heavy (non-hydrogen) atoms. The van der Waals surface area contributed by atoms with E-state index in [-0.39, 0.29) is 18.4 Å². The van der Waals surface area contributed by atoms with Crippen LogP contribution < -0.4 is 10.1 Å². The molecule has 2 amide bonds. The van der Waals surface area contributed by atoms with Crippen LogP contribution in [0, 0.1) is 6.92 Å². The van der Waals surface area contributed by atoms with Gasteiger partial charge in [-0.25, -0.2) is 0 Å². The predicted octanol–water partition coefficient (Wildman–Crippen LogP) is 5.01. The Kier molecular flexibility index (Phi) is 9.47. The topological polar surface area (TPSA) is 58.6 Å². The average molecular weight is 451 g/mol. The molecule has 1 atom stereocenters. The van der Waals surface area contributed by atoms with Gasteiger partial charge in [0, 0.05) is 18.1 Å². The first-order valence-corrected chi connectivity index (χ1v) is 10.8. The maximum absolute atomic E-state index is 13.0. The van der Waals surface area contributed by atoms with Gasteiger partial charge >= 0.3 is 0 Å². The van der Waals surface area contributed by atoms with Crippen molar-refractivity contribution in [2.24, 2.45) is 0 Å². The van der Waals surface area contributed by atoms with Gasteiger partial charge in [-0.15, -0.1) is 0 Å². The minimum Gasteiger partial charge on any atom is -0.482 e. The molecule has 0 saturated heterocycles. The Hall–Kier alpha value is -2.24. The SMILES string of the molecule is CCCCNC(=O)C(C)N(Cc1ccccc1C)C(=O)COc1ccc(Cl)cc1Cl. The molecule has 0 aliphatic carbocycles. The molecular weight excluding hydrogens is 423 g/mol. The van der Waals surface area contributed by atoms with Crippen LogP contribution in [0.15, 0.2) is 42.5 Å². The van der Waals surface area contributed by atoms with E-state index in [2.05, 4.69) is 12.2 Å². The highest BCUT2D eigenvalue weighted by molar-refractivity contribution is 6.35. The van der Waals surface area contributed by atoms with Crippen LogP contribution in [-0.2, 0) is 16.1 Å². The lowest BCUT2D eigenvalue weighted by Gasteiger charge is -2.29. The maximum Gasteiger partial charge on any atom is 0.261 e. The molecule has 2 aromatic carbocycles. The smallest absolute Gasteiger partial charge is 0.261 e. The number of nitrogens with zero attached hydrogens (tertiary/aromatic N) is 1. The molecule has 0 heterocycles. The highest BCUT2D eigenvalue weighted by atomic mass is 35.5. The van der Waals surface area contributed by atoms with Crippen molar-refractivity contribution < 1.29 is 14.3 Å². The summed E-state index contributed by atoms with van der Waals surface area (Å²) < 4.78 is 5.62. The van der Waals surface area contributed by atoms with Gasteiger partial charge in [-0.05, 0) is 49.6 Å². The number of unbranched alkanes of at least 4 members (excludes halogenated alkanes) is 1. The van der Waals surface area contributed by atoms with Crippen molar-refractivity contribution >= 4 is 35.0 Å². The number of halogens is 2. The van der Waals surface area contributed by atoms with Gasteiger partial charge in [-0.1, -0.05) is 60.8 Å². The lowest BCUT2D eigenvalue weighted by molar-refractivity contribution is -0.142. The molecule has 0 radical (unpaired) electrons. The first kappa shape index (κ1) is 24.0. The molecule has 0 aliphatic heterocycles. The molecule has 0 aliphatic rings. The summed E-state index contributed by atoms with van der Waals surface area (Å²) in [6.07, 6.45) is 1.87. The van der Waals surface area contributed by atoms with Crippen molar-refractivity contribution in [2.75, 3.05) is 13.2 Å². The summed E-state index contributed by atoms with van der Waals surface area (Å²) >= 11 is 12.0. The summed E-state index contributed by atoms with van der Waals surface area (Å²) in [7, 11) is 0. The van der Waals surface area contributed by atoms with E-state index in [9.17, 15) is 9.59 Å². The fraction of sp³-hybridized carbons (Fsp3) is 0.391. The summed E-state index contributed by atoms with van der Waals surface area (Å²) in [4.78, 5) is 27.2. The number of ether oxygens (including phenoxy) is 1. The van der Waals surface area contributed by atoms with Crippen LogP contribution in [0.5, 0.6) is 5.75 Å². The molecule has 1 unspecified atom stereocenters. The van der Waals surface area contributed by atoms with Gasteiger partial charge < -0.3 is 15.0 Å². The maximum atomic E-state index is 13.0. The van der Waals surface area contributed by atoms with Crippen molar-refractivity contribution in [3.63, 3.8) is 0 Å². The number of benzene rings is 2. The van der Waals surface area contributed by atoms with E-state index in [4.69, 9.17) is 27.9 Å². The number of carbonyl (C=O) groups is 2. The zero-order chi connectivity index (χ0) is 22.1. The zero-order valence-corrected chi connectivity index (χ0v) is 19.1. The Balaban J connectivity index is 2.15. The first-order valence-electron chi connectivity index (χ1n) is 10.0. The van der Waals surface area contributed by atoms with E-state index in [0.29, 0.717) is 28.9 Å². The van der Waals surface area contributed by atoms with Crippen LogP contribution in [0.1, 0.15) is 37.8 Å². The van der Waals surface area contributed by atoms with E-state index in [1.54, 1.807) is 25.1 Å². The van der Waals surface area contributed by atoms with E-state index in [0.717, 1.165) is 24.0 Å². The largest absolute Gasteiger partial charge is 0.482 e. The number of nitrogens with one attached hydrogen (secondary N) is 1. The number of hydrogen-bond donors (Lipinski definition) is 1. The molecule has 0 aromatic heterocycles. The number of rotatable bonds is 10. The van der Waals surface area contributed by atoms with Gasteiger partial charge in [0.1, 0.15) is 11.8 Å². The molecule has 0 fully saturated rings. The molecule has 5 nitrogen and oxygen atoms in total. The quantitative estimate of drug-likeness (QED) is 0.517. The molecule has 2 rings (SSSR count). The minimum absolute atomic E-state index is 0.185. The molecule has 2 aromatic rings. The summed E-state index contributed by atoms with van der Waals surface area (Å²) in [6.45, 7) is 6.43. The van der Waals surface area contributed by atoms with Gasteiger partial charge in [0.2, 0.25) is 5.91 Å². The number of aryl methyl sites for hydroxylation is 1. The molecule has 162 valence electrons. The van der Waals surface area contributed by atoms with Gasteiger partial charge in [-0.2, -0.15) is 0 Å². The molecule has 7 heteroatoms. The van der Waals surface area contributed by atoms with Gasteiger partial charge in [0.25, 0.3) is 5.91 Å². The Morgan fingerprint density at radius 1 is 1.17 bits per heavy atom. The van der Waals surface area contributed by atoms with Gasteiger partial charge in [0.15, 0.2) is 6.61 Å². The Morgan fingerprint density at radius 2 is 1.90 bits per heavy atom. The summed E-state index contributed by atoms with van der Waals surface area (Å²) in [5, 5.41) is 3.71. The number of amides is 2. The van der Waals surface area contributed by atoms with E-state index >= 15 is 0 Å². The third kappa shape index (κ3) is 6.92.